The number of aromatic nitrogens is 2. The fraction of sp³-hybridized carbons (Fsp3) is 0.400. The molecule has 2 rings (SSSR count). The van der Waals surface area contributed by atoms with E-state index in [1.807, 2.05) is 4.98 Å². The quantitative estimate of drug-likeness (QED) is 0.638. The van der Waals surface area contributed by atoms with Crippen LogP contribution in [0.4, 0.5) is 8.78 Å². The Morgan fingerprint density at radius 1 is 1.47 bits per heavy atom. The van der Waals surface area contributed by atoms with E-state index in [0.29, 0.717) is 4.57 Å². The first-order valence-electron chi connectivity index (χ1n) is 5.26. The van der Waals surface area contributed by atoms with E-state index in [-0.39, 0.29) is 0 Å². The molecule has 0 aromatic carbocycles. The lowest BCUT2D eigenvalue weighted by molar-refractivity contribution is -0.0448. The standard InChI is InChI=1S/C10H10F2N2O5/c11-8(12)6-7(17)4(3-15)19-9(6)14-2-1-5(16)13-10(14)18/h1-2,4,7,9,15,17H,3H2,(H,13,16,18)/t4-,7?,9-/m0/s1. The average molecular weight is 276 g/mol. The Kier molecular flexibility index (Phi) is 3.60. The van der Waals surface area contributed by atoms with Gasteiger partial charge in [0.1, 0.15) is 12.2 Å². The Hall–Kier alpha value is -1.84. The van der Waals surface area contributed by atoms with Gasteiger partial charge in [-0.25, -0.2) is 4.79 Å². The summed E-state index contributed by atoms with van der Waals surface area (Å²) < 4.78 is 31.3. The summed E-state index contributed by atoms with van der Waals surface area (Å²) >= 11 is 0. The number of nitrogens with zero attached hydrogens (tertiary/aromatic N) is 1. The average Bonchev–Trinajstić information content (AvgIpc) is 2.66. The largest absolute Gasteiger partial charge is 0.394 e. The van der Waals surface area contributed by atoms with E-state index in [1.165, 1.54) is 0 Å². The van der Waals surface area contributed by atoms with Crippen molar-refractivity contribution in [1.82, 2.24) is 9.55 Å². The molecule has 0 bridgehead atoms. The molecule has 3 N–H and O–H groups in total. The van der Waals surface area contributed by atoms with Gasteiger partial charge in [0, 0.05) is 12.3 Å². The van der Waals surface area contributed by atoms with Gasteiger partial charge in [0.05, 0.1) is 12.2 Å². The third-order valence-corrected chi connectivity index (χ3v) is 2.74. The van der Waals surface area contributed by atoms with Crippen molar-refractivity contribution in [3.05, 3.63) is 44.8 Å². The highest BCUT2D eigenvalue weighted by Crippen LogP contribution is 2.36. The third-order valence-electron chi connectivity index (χ3n) is 2.74. The number of aliphatic hydroxyl groups excluding tert-OH is 2. The first kappa shape index (κ1) is 13.6. The molecule has 0 amide bonds. The van der Waals surface area contributed by atoms with E-state index < -0.39 is 47.9 Å². The molecule has 0 radical (unpaired) electrons. The van der Waals surface area contributed by atoms with Gasteiger partial charge in [0.25, 0.3) is 11.6 Å². The van der Waals surface area contributed by atoms with E-state index in [0.717, 1.165) is 12.3 Å². The number of halogens is 2. The molecule has 1 unspecified atom stereocenters. The normalized spacial score (nSPS) is 26.7. The molecule has 2 heterocycles. The van der Waals surface area contributed by atoms with Gasteiger partial charge >= 0.3 is 5.69 Å². The fourth-order valence-electron chi connectivity index (χ4n) is 1.84. The second-order valence-electron chi connectivity index (χ2n) is 3.89. The minimum atomic E-state index is -2.20. The maximum Gasteiger partial charge on any atom is 0.330 e. The Balaban J connectivity index is 2.52. The summed E-state index contributed by atoms with van der Waals surface area (Å²) in [5.41, 5.74) is -2.46. The van der Waals surface area contributed by atoms with Crippen molar-refractivity contribution in [2.45, 2.75) is 18.4 Å². The summed E-state index contributed by atoms with van der Waals surface area (Å²) in [4.78, 5) is 24.3. The second-order valence-corrected chi connectivity index (χ2v) is 3.89. The van der Waals surface area contributed by atoms with Crippen LogP contribution in [0.25, 0.3) is 0 Å². The number of hydrogen-bond acceptors (Lipinski definition) is 5. The zero-order valence-corrected chi connectivity index (χ0v) is 9.42. The molecule has 1 aliphatic rings. The van der Waals surface area contributed by atoms with Gasteiger partial charge in [0.15, 0.2) is 6.23 Å². The Labute approximate surface area is 104 Å². The summed E-state index contributed by atoms with van der Waals surface area (Å²) in [5.74, 6) is 0. The van der Waals surface area contributed by atoms with Crippen LogP contribution in [0.15, 0.2) is 33.5 Å². The highest BCUT2D eigenvalue weighted by molar-refractivity contribution is 5.19. The lowest BCUT2D eigenvalue weighted by Crippen LogP contribution is -2.32. The molecule has 9 heteroatoms. The van der Waals surface area contributed by atoms with Crippen molar-refractivity contribution in [3.63, 3.8) is 0 Å². The van der Waals surface area contributed by atoms with Crippen LogP contribution in [-0.2, 0) is 4.74 Å². The topological polar surface area (TPSA) is 105 Å². The minimum Gasteiger partial charge on any atom is -0.394 e. The third kappa shape index (κ3) is 2.35. The van der Waals surface area contributed by atoms with Gasteiger partial charge in [-0.15, -0.1) is 0 Å². The number of ether oxygens (including phenoxy) is 1. The molecule has 1 saturated heterocycles. The summed E-state index contributed by atoms with van der Waals surface area (Å²) in [6, 6.07) is 0.956. The zero-order valence-electron chi connectivity index (χ0n) is 9.42. The smallest absolute Gasteiger partial charge is 0.330 e. The molecule has 0 saturated carbocycles. The summed E-state index contributed by atoms with van der Waals surface area (Å²) in [5, 5.41) is 18.5. The van der Waals surface area contributed by atoms with Gasteiger partial charge in [-0.05, 0) is 0 Å². The van der Waals surface area contributed by atoms with Gasteiger partial charge in [-0.1, -0.05) is 0 Å². The number of nitrogens with one attached hydrogen (secondary N) is 1. The lowest BCUT2D eigenvalue weighted by atomic mass is 10.1. The fourth-order valence-corrected chi connectivity index (χ4v) is 1.84. The SMILES string of the molecule is O=c1ccn([C@H]2O[C@@H](CO)C(O)C2=C(F)F)c(=O)[nH]1. The van der Waals surface area contributed by atoms with Crippen LogP contribution in [-0.4, -0.2) is 38.6 Å². The van der Waals surface area contributed by atoms with Gasteiger partial charge in [0.2, 0.25) is 0 Å². The molecule has 1 fully saturated rings. The number of aliphatic hydroxyl groups is 2. The minimum absolute atomic E-state index is 0.688. The predicted molar refractivity (Wildman–Crippen MR) is 57.6 cm³/mol. The molecule has 3 atom stereocenters. The van der Waals surface area contributed by atoms with Crippen molar-refractivity contribution in [3.8, 4) is 0 Å². The molecule has 19 heavy (non-hydrogen) atoms. The molecule has 1 aromatic rings. The Morgan fingerprint density at radius 3 is 2.68 bits per heavy atom. The van der Waals surface area contributed by atoms with Crippen LogP contribution in [0.3, 0.4) is 0 Å². The van der Waals surface area contributed by atoms with Gasteiger partial charge < -0.3 is 14.9 Å². The van der Waals surface area contributed by atoms with Crippen LogP contribution < -0.4 is 11.2 Å². The van der Waals surface area contributed by atoms with Crippen LogP contribution in [0.2, 0.25) is 0 Å². The van der Waals surface area contributed by atoms with Gasteiger partial charge in [-0.2, -0.15) is 8.78 Å². The molecular weight excluding hydrogens is 266 g/mol. The van der Waals surface area contributed by atoms with Gasteiger partial charge in [-0.3, -0.25) is 14.3 Å². The summed E-state index contributed by atoms with van der Waals surface area (Å²) in [7, 11) is 0. The highest BCUT2D eigenvalue weighted by Gasteiger charge is 2.42. The summed E-state index contributed by atoms with van der Waals surface area (Å²) in [6.45, 7) is -0.688. The van der Waals surface area contributed by atoms with E-state index in [4.69, 9.17) is 9.84 Å². The second kappa shape index (κ2) is 5.03. The van der Waals surface area contributed by atoms with Crippen LogP contribution in [0.5, 0.6) is 0 Å². The van der Waals surface area contributed by atoms with Crippen molar-refractivity contribution < 1.29 is 23.7 Å². The molecule has 0 spiro atoms. The van der Waals surface area contributed by atoms with Crippen molar-refractivity contribution >= 4 is 0 Å². The van der Waals surface area contributed by atoms with Crippen molar-refractivity contribution in [2.75, 3.05) is 6.61 Å². The first-order chi connectivity index (χ1) is 8.95. The molecular formula is C10H10F2N2O5. The summed E-state index contributed by atoms with van der Waals surface area (Å²) in [6.07, 6.45) is -5.78. The van der Waals surface area contributed by atoms with E-state index in [2.05, 4.69) is 0 Å². The number of hydrogen-bond donors (Lipinski definition) is 3. The Bertz CT molecular complexity index is 619. The molecule has 0 aliphatic carbocycles. The van der Waals surface area contributed by atoms with Crippen LogP contribution >= 0.6 is 0 Å². The number of H-pyrrole nitrogens is 1. The molecule has 1 aliphatic heterocycles. The highest BCUT2D eigenvalue weighted by atomic mass is 19.3. The first-order valence-corrected chi connectivity index (χ1v) is 5.26. The van der Waals surface area contributed by atoms with E-state index in [1.54, 1.807) is 0 Å². The van der Waals surface area contributed by atoms with Crippen molar-refractivity contribution in [1.29, 1.82) is 0 Å². The monoisotopic (exact) mass is 276 g/mol. The van der Waals surface area contributed by atoms with Crippen LogP contribution in [0, 0.1) is 0 Å². The lowest BCUT2D eigenvalue weighted by Gasteiger charge is -2.14. The molecule has 1 aromatic heterocycles. The zero-order chi connectivity index (χ0) is 14.2. The van der Waals surface area contributed by atoms with Crippen molar-refractivity contribution in [2.24, 2.45) is 0 Å². The maximum atomic E-state index is 12.8. The van der Waals surface area contributed by atoms with Crippen LogP contribution in [0.1, 0.15) is 6.23 Å². The number of rotatable bonds is 2. The maximum absolute atomic E-state index is 12.8. The predicted octanol–water partition coefficient (Wildman–Crippen LogP) is -1.06. The van der Waals surface area contributed by atoms with E-state index >= 15 is 0 Å². The molecule has 7 nitrogen and oxygen atoms in total. The van der Waals surface area contributed by atoms with E-state index in [9.17, 15) is 23.5 Å². The Morgan fingerprint density at radius 2 is 2.16 bits per heavy atom. The number of aromatic amines is 1. The molecule has 104 valence electrons.